The molecule has 1 amide bonds. The minimum Gasteiger partial charge on any atom is -0.479 e. The van der Waals surface area contributed by atoms with Gasteiger partial charge < -0.3 is 15.2 Å². The molecule has 5 heteroatoms. The summed E-state index contributed by atoms with van der Waals surface area (Å²) in [7, 11) is 0. The molecule has 0 spiro atoms. The van der Waals surface area contributed by atoms with Crippen molar-refractivity contribution in [1.29, 1.82) is 0 Å². The minimum atomic E-state index is -1.09. The van der Waals surface area contributed by atoms with Crippen molar-refractivity contribution < 1.29 is 19.4 Å². The SMILES string of the molecule is CCCC1CCCCC1(NC(=O)[C@@H]1CCCO1)C(=O)O. The Kier molecular flexibility index (Phi) is 5.02. The highest BCUT2D eigenvalue weighted by atomic mass is 16.5. The van der Waals surface area contributed by atoms with Gasteiger partial charge >= 0.3 is 5.97 Å². The Bertz CT molecular complexity index is 363. The molecule has 1 heterocycles. The number of hydrogen-bond donors (Lipinski definition) is 2. The molecule has 0 aromatic heterocycles. The molecule has 0 aromatic carbocycles. The van der Waals surface area contributed by atoms with Crippen molar-refractivity contribution in [2.75, 3.05) is 6.61 Å². The zero-order valence-corrected chi connectivity index (χ0v) is 12.2. The molecule has 1 aliphatic carbocycles. The Morgan fingerprint density at radius 1 is 1.30 bits per heavy atom. The van der Waals surface area contributed by atoms with Crippen LogP contribution in [0.15, 0.2) is 0 Å². The smallest absolute Gasteiger partial charge is 0.329 e. The van der Waals surface area contributed by atoms with Gasteiger partial charge in [-0.1, -0.05) is 26.2 Å². The lowest BCUT2D eigenvalue weighted by atomic mass is 9.70. The van der Waals surface area contributed by atoms with E-state index in [-0.39, 0.29) is 11.8 Å². The molecule has 3 atom stereocenters. The van der Waals surface area contributed by atoms with Gasteiger partial charge in [-0.2, -0.15) is 0 Å². The minimum absolute atomic E-state index is 0.0316. The maximum Gasteiger partial charge on any atom is 0.329 e. The van der Waals surface area contributed by atoms with Gasteiger partial charge in [0.15, 0.2) is 0 Å². The van der Waals surface area contributed by atoms with E-state index in [9.17, 15) is 14.7 Å². The number of ether oxygens (including phenoxy) is 1. The highest BCUT2D eigenvalue weighted by molar-refractivity contribution is 5.89. The molecular formula is C15H25NO4. The third-order valence-electron chi connectivity index (χ3n) is 4.66. The van der Waals surface area contributed by atoms with Crippen molar-refractivity contribution in [3.8, 4) is 0 Å². The number of carboxylic acids is 1. The van der Waals surface area contributed by atoms with E-state index in [1.165, 1.54) is 0 Å². The zero-order chi connectivity index (χ0) is 14.6. The first-order valence-corrected chi connectivity index (χ1v) is 7.77. The molecule has 0 bridgehead atoms. The highest BCUT2D eigenvalue weighted by Gasteiger charge is 2.48. The predicted molar refractivity (Wildman–Crippen MR) is 74.3 cm³/mol. The number of carbonyl (C=O) groups excluding carboxylic acids is 1. The van der Waals surface area contributed by atoms with Crippen LogP contribution in [0.1, 0.15) is 58.3 Å². The Morgan fingerprint density at radius 3 is 2.70 bits per heavy atom. The summed E-state index contributed by atoms with van der Waals surface area (Å²) in [4.78, 5) is 24.1. The van der Waals surface area contributed by atoms with Gasteiger partial charge in [-0.3, -0.25) is 4.79 Å². The lowest BCUT2D eigenvalue weighted by molar-refractivity contribution is -0.154. The van der Waals surface area contributed by atoms with Gasteiger partial charge in [-0.05, 0) is 38.0 Å². The molecule has 1 saturated heterocycles. The van der Waals surface area contributed by atoms with E-state index in [1.54, 1.807) is 0 Å². The molecule has 1 aliphatic heterocycles. The molecule has 2 unspecified atom stereocenters. The van der Waals surface area contributed by atoms with Crippen molar-refractivity contribution in [2.45, 2.75) is 69.9 Å². The molecular weight excluding hydrogens is 258 g/mol. The van der Waals surface area contributed by atoms with Crippen LogP contribution >= 0.6 is 0 Å². The fourth-order valence-corrected chi connectivity index (χ4v) is 3.57. The van der Waals surface area contributed by atoms with Gasteiger partial charge in [-0.15, -0.1) is 0 Å². The molecule has 2 fully saturated rings. The molecule has 20 heavy (non-hydrogen) atoms. The van der Waals surface area contributed by atoms with Crippen molar-refractivity contribution in [3.63, 3.8) is 0 Å². The summed E-state index contributed by atoms with van der Waals surface area (Å²) in [5, 5.41) is 12.6. The number of carbonyl (C=O) groups is 2. The third kappa shape index (κ3) is 2.97. The average molecular weight is 283 g/mol. The van der Waals surface area contributed by atoms with Gasteiger partial charge in [0.1, 0.15) is 11.6 Å². The number of nitrogens with one attached hydrogen (secondary N) is 1. The number of aliphatic carboxylic acids is 1. The molecule has 114 valence electrons. The van der Waals surface area contributed by atoms with Gasteiger partial charge in [0.05, 0.1) is 0 Å². The molecule has 5 nitrogen and oxygen atoms in total. The van der Waals surface area contributed by atoms with E-state index in [2.05, 4.69) is 12.2 Å². The van der Waals surface area contributed by atoms with Gasteiger partial charge in [0.25, 0.3) is 0 Å². The molecule has 2 rings (SSSR count). The molecule has 2 N–H and O–H groups in total. The third-order valence-corrected chi connectivity index (χ3v) is 4.66. The first-order chi connectivity index (χ1) is 9.60. The van der Waals surface area contributed by atoms with E-state index >= 15 is 0 Å². The first-order valence-electron chi connectivity index (χ1n) is 7.77. The molecule has 0 aromatic rings. The largest absolute Gasteiger partial charge is 0.479 e. The summed E-state index contributed by atoms with van der Waals surface area (Å²) < 4.78 is 5.37. The van der Waals surface area contributed by atoms with Crippen molar-refractivity contribution in [2.24, 2.45) is 5.92 Å². The average Bonchev–Trinajstić information content (AvgIpc) is 2.95. The quantitative estimate of drug-likeness (QED) is 0.810. The standard InChI is InChI=1S/C15H25NO4/c1-2-6-11-7-3-4-9-15(11,14(18)19)16-13(17)12-8-5-10-20-12/h11-12H,2-10H2,1H3,(H,16,17)(H,18,19)/t11?,12-,15?/m0/s1. The van der Waals surface area contributed by atoms with Crippen LogP contribution in [0, 0.1) is 5.92 Å². The summed E-state index contributed by atoms with van der Waals surface area (Å²) in [6.07, 6.45) is 6.21. The van der Waals surface area contributed by atoms with Gasteiger partial charge in [0, 0.05) is 6.61 Å². The molecule has 1 saturated carbocycles. The Hall–Kier alpha value is -1.10. The van der Waals surface area contributed by atoms with E-state index in [1.807, 2.05) is 0 Å². The van der Waals surface area contributed by atoms with E-state index in [0.29, 0.717) is 19.4 Å². The van der Waals surface area contributed by atoms with Crippen LogP contribution in [0.4, 0.5) is 0 Å². The monoisotopic (exact) mass is 283 g/mol. The second kappa shape index (κ2) is 6.57. The van der Waals surface area contributed by atoms with Gasteiger partial charge in [0.2, 0.25) is 5.91 Å². The second-order valence-electron chi connectivity index (χ2n) is 6.00. The lowest BCUT2D eigenvalue weighted by Gasteiger charge is -2.41. The predicted octanol–water partition coefficient (Wildman–Crippen LogP) is 2.10. The topological polar surface area (TPSA) is 75.6 Å². The van der Waals surface area contributed by atoms with Crippen LogP contribution in [0.25, 0.3) is 0 Å². The summed E-state index contributed by atoms with van der Waals surface area (Å²) >= 11 is 0. The van der Waals surface area contributed by atoms with Crippen LogP contribution in [-0.4, -0.2) is 35.2 Å². The van der Waals surface area contributed by atoms with Crippen LogP contribution in [-0.2, 0) is 14.3 Å². The van der Waals surface area contributed by atoms with Crippen LogP contribution in [0.5, 0.6) is 0 Å². The summed E-state index contributed by atoms with van der Waals surface area (Å²) in [6, 6.07) is 0. The lowest BCUT2D eigenvalue weighted by Crippen LogP contribution is -2.62. The maximum atomic E-state index is 12.3. The second-order valence-corrected chi connectivity index (χ2v) is 6.00. The highest BCUT2D eigenvalue weighted by Crippen LogP contribution is 2.37. The number of hydrogen-bond acceptors (Lipinski definition) is 3. The number of rotatable bonds is 5. The summed E-state index contributed by atoms with van der Waals surface area (Å²) in [5.41, 5.74) is -1.09. The van der Waals surface area contributed by atoms with Crippen molar-refractivity contribution >= 4 is 11.9 Å². The molecule has 2 aliphatic rings. The molecule has 0 radical (unpaired) electrons. The van der Waals surface area contributed by atoms with E-state index in [4.69, 9.17) is 4.74 Å². The fourth-order valence-electron chi connectivity index (χ4n) is 3.57. The number of amides is 1. The van der Waals surface area contributed by atoms with E-state index < -0.39 is 17.6 Å². The summed E-state index contributed by atoms with van der Waals surface area (Å²) in [6.45, 7) is 2.65. The van der Waals surface area contributed by atoms with Crippen molar-refractivity contribution in [1.82, 2.24) is 5.32 Å². The summed E-state index contributed by atoms with van der Waals surface area (Å²) in [5.74, 6) is -1.10. The number of carboxylic acid groups (broad SMARTS) is 1. The normalized spacial score (nSPS) is 33.9. The van der Waals surface area contributed by atoms with Crippen LogP contribution in [0.2, 0.25) is 0 Å². The zero-order valence-electron chi connectivity index (χ0n) is 12.2. The van der Waals surface area contributed by atoms with Gasteiger partial charge in [-0.25, -0.2) is 4.79 Å². The maximum absolute atomic E-state index is 12.3. The first kappa shape index (κ1) is 15.3. The van der Waals surface area contributed by atoms with E-state index in [0.717, 1.165) is 38.5 Å². The Labute approximate surface area is 120 Å². The Balaban J connectivity index is 2.14. The van der Waals surface area contributed by atoms with Crippen LogP contribution in [0.3, 0.4) is 0 Å². The Morgan fingerprint density at radius 2 is 2.10 bits per heavy atom. The van der Waals surface area contributed by atoms with Crippen LogP contribution < -0.4 is 5.32 Å². The van der Waals surface area contributed by atoms with Crippen molar-refractivity contribution in [3.05, 3.63) is 0 Å². The fraction of sp³-hybridized carbons (Fsp3) is 0.867.